The van der Waals surface area contributed by atoms with E-state index in [1.165, 1.54) is 16.2 Å². The van der Waals surface area contributed by atoms with Gasteiger partial charge in [0, 0.05) is 16.6 Å². The van der Waals surface area contributed by atoms with Gasteiger partial charge in [-0.05, 0) is 30.4 Å². The Morgan fingerprint density at radius 2 is 2.00 bits per heavy atom. The van der Waals surface area contributed by atoms with Gasteiger partial charge >= 0.3 is 5.97 Å². The zero-order chi connectivity index (χ0) is 17.8. The van der Waals surface area contributed by atoms with E-state index in [4.69, 9.17) is 4.74 Å². The first-order valence-electron chi connectivity index (χ1n) is 7.87. The fourth-order valence-electron chi connectivity index (χ4n) is 2.79. The van der Waals surface area contributed by atoms with Gasteiger partial charge in [0.05, 0.1) is 4.88 Å². The van der Waals surface area contributed by atoms with Crippen LogP contribution >= 0.6 is 27.3 Å². The number of ether oxygens (including phenoxy) is 1. The Morgan fingerprint density at radius 3 is 2.72 bits per heavy atom. The monoisotopic (exact) mass is 421 g/mol. The van der Waals surface area contributed by atoms with Gasteiger partial charge in [-0.1, -0.05) is 40.2 Å². The molecule has 0 N–H and O–H groups in total. The lowest BCUT2D eigenvalue weighted by Gasteiger charge is -2.22. The number of rotatable bonds is 5. The molecule has 1 aromatic carbocycles. The van der Waals surface area contributed by atoms with Crippen LogP contribution in [-0.2, 0) is 9.53 Å². The number of amides is 1. The molecule has 1 saturated heterocycles. The lowest BCUT2D eigenvalue weighted by molar-refractivity contribution is -0.147. The Morgan fingerprint density at radius 1 is 1.20 bits per heavy atom. The van der Waals surface area contributed by atoms with Crippen molar-refractivity contribution in [3.8, 4) is 0 Å². The Balaban J connectivity index is 1.62. The second-order valence-corrected chi connectivity index (χ2v) is 7.45. The van der Waals surface area contributed by atoms with Crippen molar-refractivity contribution in [3.05, 3.63) is 56.7 Å². The average molecular weight is 422 g/mol. The number of likely N-dealkylation sites (tertiary alicyclic amines) is 1. The van der Waals surface area contributed by atoms with Crippen molar-refractivity contribution in [2.24, 2.45) is 0 Å². The van der Waals surface area contributed by atoms with Crippen LogP contribution in [0.3, 0.4) is 0 Å². The van der Waals surface area contributed by atoms with Crippen LogP contribution in [0.2, 0.25) is 0 Å². The van der Waals surface area contributed by atoms with E-state index in [0.29, 0.717) is 27.9 Å². The molecule has 1 atom stereocenters. The first-order valence-corrected chi connectivity index (χ1v) is 9.54. The van der Waals surface area contributed by atoms with Crippen molar-refractivity contribution < 1.29 is 19.1 Å². The van der Waals surface area contributed by atoms with Gasteiger partial charge in [0.1, 0.15) is 6.04 Å². The SMILES string of the molecule is O=C(COC(=O)C1CCCN1C(=O)c1cccs1)c1ccccc1Br. The quantitative estimate of drug-likeness (QED) is 0.546. The molecular weight excluding hydrogens is 406 g/mol. The van der Waals surface area contributed by atoms with Crippen molar-refractivity contribution in [3.63, 3.8) is 0 Å². The molecule has 0 spiro atoms. The van der Waals surface area contributed by atoms with Gasteiger partial charge in [0.25, 0.3) is 5.91 Å². The number of hydrogen-bond acceptors (Lipinski definition) is 5. The van der Waals surface area contributed by atoms with Gasteiger partial charge in [-0.3, -0.25) is 9.59 Å². The topological polar surface area (TPSA) is 63.7 Å². The number of esters is 1. The maximum absolute atomic E-state index is 12.5. The second kappa shape index (κ2) is 7.93. The number of thiophene rings is 1. The maximum atomic E-state index is 12.5. The van der Waals surface area contributed by atoms with Crippen molar-refractivity contribution in [2.75, 3.05) is 13.2 Å². The molecule has 2 heterocycles. The highest BCUT2D eigenvalue weighted by molar-refractivity contribution is 9.10. The summed E-state index contributed by atoms with van der Waals surface area (Å²) in [6, 6.07) is 9.90. The molecule has 1 unspecified atom stereocenters. The van der Waals surface area contributed by atoms with Gasteiger partial charge in [-0.25, -0.2) is 4.79 Å². The number of Topliss-reactive ketones (excluding diaryl/α,β-unsaturated/α-hetero) is 1. The predicted octanol–water partition coefficient (Wildman–Crippen LogP) is 3.54. The summed E-state index contributed by atoms with van der Waals surface area (Å²) in [6.45, 7) is 0.188. The summed E-state index contributed by atoms with van der Waals surface area (Å²) in [5.74, 6) is -0.968. The van der Waals surface area contributed by atoms with E-state index in [0.717, 1.165) is 6.42 Å². The number of benzene rings is 1. The number of carbonyl (C=O) groups is 3. The molecule has 0 saturated carbocycles. The molecule has 5 nitrogen and oxygen atoms in total. The standard InChI is InChI=1S/C18H16BrNO4S/c19-13-6-2-1-5-12(13)15(21)11-24-18(23)14-7-3-9-20(14)17(22)16-8-4-10-25-16/h1-2,4-6,8,10,14H,3,7,9,11H2. The molecule has 130 valence electrons. The minimum absolute atomic E-state index is 0.161. The summed E-state index contributed by atoms with van der Waals surface area (Å²) in [7, 11) is 0. The van der Waals surface area contributed by atoms with Crippen LogP contribution in [0.1, 0.15) is 32.9 Å². The molecule has 7 heteroatoms. The molecule has 1 fully saturated rings. The average Bonchev–Trinajstić information content (AvgIpc) is 3.30. The summed E-state index contributed by atoms with van der Waals surface area (Å²) in [4.78, 5) is 39.2. The minimum Gasteiger partial charge on any atom is -0.456 e. The molecule has 1 aliphatic heterocycles. The molecule has 1 amide bonds. The van der Waals surface area contributed by atoms with Crippen LogP contribution in [0.4, 0.5) is 0 Å². The lowest BCUT2D eigenvalue weighted by Crippen LogP contribution is -2.41. The number of ketones is 1. The van der Waals surface area contributed by atoms with Gasteiger partial charge in [-0.15, -0.1) is 11.3 Å². The van der Waals surface area contributed by atoms with Gasteiger partial charge in [0.15, 0.2) is 6.61 Å². The number of carbonyl (C=O) groups excluding carboxylic acids is 3. The molecule has 1 aromatic heterocycles. The van der Waals surface area contributed by atoms with E-state index in [1.807, 2.05) is 5.38 Å². The second-order valence-electron chi connectivity index (χ2n) is 5.64. The van der Waals surface area contributed by atoms with Crippen LogP contribution in [0, 0.1) is 0 Å². The Hall–Kier alpha value is -1.99. The van der Waals surface area contributed by atoms with E-state index >= 15 is 0 Å². The summed E-state index contributed by atoms with van der Waals surface area (Å²) in [5, 5.41) is 1.83. The third-order valence-electron chi connectivity index (χ3n) is 4.04. The zero-order valence-corrected chi connectivity index (χ0v) is 15.7. The van der Waals surface area contributed by atoms with Crippen molar-refractivity contribution in [1.29, 1.82) is 0 Å². The highest BCUT2D eigenvalue weighted by Gasteiger charge is 2.36. The molecule has 2 aromatic rings. The van der Waals surface area contributed by atoms with E-state index in [1.54, 1.807) is 36.4 Å². The molecule has 25 heavy (non-hydrogen) atoms. The number of hydrogen-bond donors (Lipinski definition) is 0. The van der Waals surface area contributed by atoms with Crippen molar-refractivity contribution in [1.82, 2.24) is 4.90 Å². The first kappa shape index (κ1) is 17.8. The van der Waals surface area contributed by atoms with E-state index in [-0.39, 0.29) is 18.3 Å². The highest BCUT2D eigenvalue weighted by Crippen LogP contribution is 2.23. The molecule has 1 aliphatic rings. The fourth-order valence-corrected chi connectivity index (χ4v) is 3.98. The van der Waals surface area contributed by atoms with E-state index in [2.05, 4.69) is 15.9 Å². The third-order valence-corrected chi connectivity index (χ3v) is 5.59. The van der Waals surface area contributed by atoms with Gasteiger partial charge in [0.2, 0.25) is 5.78 Å². The van der Waals surface area contributed by atoms with Crippen LogP contribution in [0.25, 0.3) is 0 Å². The predicted molar refractivity (Wildman–Crippen MR) is 97.8 cm³/mol. The van der Waals surface area contributed by atoms with Crippen LogP contribution in [0.5, 0.6) is 0 Å². The number of halogens is 1. The Labute approximate surface area is 157 Å². The Kier molecular flexibility index (Phi) is 5.65. The van der Waals surface area contributed by atoms with Crippen molar-refractivity contribution in [2.45, 2.75) is 18.9 Å². The summed E-state index contributed by atoms with van der Waals surface area (Å²) < 4.78 is 5.85. The molecule has 3 rings (SSSR count). The lowest BCUT2D eigenvalue weighted by atomic mass is 10.1. The van der Waals surface area contributed by atoms with Crippen LogP contribution in [-0.4, -0.2) is 41.8 Å². The fraction of sp³-hybridized carbons (Fsp3) is 0.278. The third kappa shape index (κ3) is 3.99. The summed E-state index contributed by atoms with van der Waals surface area (Å²) >= 11 is 4.65. The Bertz CT molecular complexity index is 790. The smallest absolute Gasteiger partial charge is 0.329 e. The molecule has 0 bridgehead atoms. The van der Waals surface area contributed by atoms with Crippen molar-refractivity contribution >= 4 is 44.9 Å². The van der Waals surface area contributed by atoms with E-state index in [9.17, 15) is 14.4 Å². The largest absolute Gasteiger partial charge is 0.456 e. The van der Waals surface area contributed by atoms with Crippen LogP contribution in [0.15, 0.2) is 46.3 Å². The summed E-state index contributed by atoms with van der Waals surface area (Å²) in [5.41, 5.74) is 0.466. The van der Waals surface area contributed by atoms with Crippen LogP contribution < -0.4 is 0 Å². The van der Waals surface area contributed by atoms with Gasteiger partial charge < -0.3 is 9.64 Å². The first-order chi connectivity index (χ1) is 12.1. The number of nitrogens with zero attached hydrogens (tertiary/aromatic N) is 1. The zero-order valence-electron chi connectivity index (χ0n) is 13.3. The van der Waals surface area contributed by atoms with E-state index < -0.39 is 12.0 Å². The normalized spacial score (nSPS) is 16.7. The maximum Gasteiger partial charge on any atom is 0.329 e. The highest BCUT2D eigenvalue weighted by atomic mass is 79.9. The minimum atomic E-state index is -0.624. The molecule has 0 aliphatic carbocycles. The summed E-state index contributed by atoms with van der Waals surface area (Å²) in [6.07, 6.45) is 1.30. The van der Waals surface area contributed by atoms with Gasteiger partial charge in [-0.2, -0.15) is 0 Å². The molecular formula is C18H16BrNO4S. The molecule has 0 radical (unpaired) electrons.